The zero-order chi connectivity index (χ0) is 15.4. The maximum Gasteiger partial charge on any atom is 0.257 e. The zero-order valence-electron chi connectivity index (χ0n) is 11.3. The van der Waals surface area contributed by atoms with E-state index in [9.17, 15) is 14.0 Å². The highest BCUT2D eigenvalue weighted by Crippen LogP contribution is 2.18. The number of rotatable bonds is 3. The Morgan fingerprint density at radius 1 is 1.05 bits per heavy atom. The number of halogens is 1. The van der Waals surface area contributed by atoms with Crippen LogP contribution in [0.4, 0.5) is 21.5 Å². The van der Waals surface area contributed by atoms with Gasteiger partial charge in [-0.05, 0) is 36.4 Å². The van der Waals surface area contributed by atoms with Crippen molar-refractivity contribution < 1.29 is 14.0 Å². The standard InChI is InChI=1S/C15H14FN3O2/c1-9(20)18-11-3-2-4-12(8-11)19-15(21)13-7-10(16)5-6-14(13)17/h2-8H,17H2,1H3,(H,18,20)(H,19,21). The van der Waals surface area contributed by atoms with Gasteiger partial charge in [0, 0.05) is 24.0 Å². The lowest BCUT2D eigenvalue weighted by atomic mass is 10.1. The van der Waals surface area contributed by atoms with E-state index >= 15 is 0 Å². The summed E-state index contributed by atoms with van der Waals surface area (Å²) < 4.78 is 13.2. The molecule has 0 saturated carbocycles. The van der Waals surface area contributed by atoms with Gasteiger partial charge in [0.2, 0.25) is 5.91 Å². The molecule has 0 aromatic heterocycles. The van der Waals surface area contributed by atoms with Crippen molar-refractivity contribution >= 4 is 28.9 Å². The minimum atomic E-state index is -0.540. The summed E-state index contributed by atoms with van der Waals surface area (Å²) in [6.45, 7) is 1.39. The second kappa shape index (κ2) is 6.04. The molecule has 5 nitrogen and oxygen atoms in total. The molecule has 2 aromatic carbocycles. The molecule has 0 aliphatic heterocycles. The number of benzene rings is 2. The minimum Gasteiger partial charge on any atom is -0.398 e. The maximum atomic E-state index is 13.2. The molecular formula is C15H14FN3O2. The van der Waals surface area contributed by atoms with Gasteiger partial charge in [-0.1, -0.05) is 6.07 Å². The lowest BCUT2D eigenvalue weighted by Gasteiger charge is -2.09. The Bertz CT molecular complexity index is 701. The van der Waals surface area contributed by atoms with Gasteiger partial charge in [-0.25, -0.2) is 4.39 Å². The summed E-state index contributed by atoms with van der Waals surface area (Å²) in [7, 11) is 0. The van der Waals surface area contributed by atoms with Gasteiger partial charge in [-0.15, -0.1) is 0 Å². The van der Waals surface area contributed by atoms with Gasteiger partial charge in [-0.2, -0.15) is 0 Å². The van der Waals surface area contributed by atoms with E-state index in [4.69, 9.17) is 5.73 Å². The SMILES string of the molecule is CC(=O)Nc1cccc(NC(=O)c2cc(F)ccc2N)c1. The summed E-state index contributed by atoms with van der Waals surface area (Å²) in [6, 6.07) is 10.2. The fourth-order valence-electron chi connectivity index (χ4n) is 1.80. The van der Waals surface area contributed by atoms with Crippen molar-refractivity contribution in [3.8, 4) is 0 Å². The number of hydrogen-bond donors (Lipinski definition) is 3. The van der Waals surface area contributed by atoms with E-state index in [1.807, 2.05) is 0 Å². The summed E-state index contributed by atoms with van der Waals surface area (Å²) in [6.07, 6.45) is 0. The van der Waals surface area contributed by atoms with Gasteiger partial charge < -0.3 is 16.4 Å². The molecule has 0 saturated heterocycles. The van der Waals surface area contributed by atoms with Gasteiger partial charge in [0.05, 0.1) is 5.56 Å². The quantitative estimate of drug-likeness (QED) is 0.759. The van der Waals surface area contributed by atoms with E-state index in [0.717, 1.165) is 6.07 Å². The fraction of sp³-hybridized carbons (Fsp3) is 0.0667. The minimum absolute atomic E-state index is 0.0555. The number of carbonyl (C=O) groups excluding carboxylic acids is 2. The number of nitrogen functional groups attached to an aromatic ring is 1. The van der Waals surface area contributed by atoms with Gasteiger partial charge in [-0.3, -0.25) is 9.59 Å². The number of nitrogens with two attached hydrogens (primary N) is 1. The largest absolute Gasteiger partial charge is 0.398 e. The van der Waals surface area contributed by atoms with E-state index in [1.165, 1.54) is 19.1 Å². The topological polar surface area (TPSA) is 84.2 Å². The van der Waals surface area contributed by atoms with Crippen LogP contribution in [0.3, 0.4) is 0 Å². The lowest BCUT2D eigenvalue weighted by molar-refractivity contribution is -0.114. The predicted molar refractivity (Wildman–Crippen MR) is 79.5 cm³/mol. The van der Waals surface area contributed by atoms with Crippen LogP contribution in [-0.2, 0) is 4.79 Å². The van der Waals surface area contributed by atoms with E-state index in [-0.39, 0.29) is 17.2 Å². The second-order valence-corrected chi connectivity index (χ2v) is 4.45. The van der Waals surface area contributed by atoms with Crippen LogP contribution in [0.1, 0.15) is 17.3 Å². The molecular weight excluding hydrogens is 273 g/mol. The molecule has 0 fully saturated rings. The van der Waals surface area contributed by atoms with E-state index < -0.39 is 11.7 Å². The molecule has 0 aliphatic rings. The average molecular weight is 287 g/mol. The first kappa shape index (κ1) is 14.5. The first-order valence-electron chi connectivity index (χ1n) is 6.20. The van der Waals surface area contributed by atoms with Crippen LogP contribution in [0, 0.1) is 5.82 Å². The average Bonchev–Trinajstić information content (AvgIpc) is 2.41. The Balaban J connectivity index is 2.19. The normalized spacial score (nSPS) is 10.0. The summed E-state index contributed by atoms with van der Waals surface area (Å²) in [5, 5.41) is 5.21. The molecule has 0 radical (unpaired) electrons. The number of hydrogen-bond acceptors (Lipinski definition) is 3. The highest BCUT2D eigenvalue weighted by molar-refractivity contribution is 6.08. The van der Waals surface area contributed by atoms with Crippen molar-refractivity contribution in [2.24, 2.45) is 0 Å². The van der Waals surface area contributed by atoms with Crippen LogP contribution >= 0.6 is 0 Å². The van der Waals surface area contributed by atoms with Gasteiger partial charge >= 0.3 is 0 Å². The Labute approximate surface area is 121 Å². The lowest BCUT2D eigenvalue weighted by Crippen LogP contribution is -2.14. The van der Waals surface area contributed by atoms with Gasteiger partial charge in [0.1, 0.15) is 5.82 Å². The molecule has 0 atom stereocenters. The molecule has 2 aromatic rings. The van der Waals surface area contributed by atoms with Crippen molar-refractivity contribution in [3.63, 3.8) is 0 Å². The number of anilines is 3. The van der Waals surface area contributed by atoms with Crippen LogP contribution in [-0.4, -0.2) is 11.8 Å². The van der Waals surface area contributed by atoms with Crippen LogP contribution < -0.4 is 16.4 Å². The predicted octanol–water partition coefficient (Wildman–Crippen LogP) is 2.62. The van der Waals surface area contributed by atoms with E-state index in [0.29, 0.717) is 11.4 Å². The van der Waals surface area contributed by atoms with Crippen LogP contribution in [0.2, 0.25) is 0 Å². The first-order chi connectivity index (χ1) is 9.95. The van der Waals surface area contributed by atoms with E-state index in [1.54, 1.807) is 24.3 Å². The number of nitrogens with one attached hydrogen (secondary N) is 2. The first-order valence-corrected chi connectivity index (χ1v) is 6.20. The second-order valence-electron chi connectivity index (χ2n) is 4.45. The monoisotopic (exact) mass is 287 g/mol. The Hall–Kier alpha value is -2.89. The third-order valence-electron chi connectivity index (χ3n) is 2.70. The Kier molecular flexibility index (Phi) is 4.18. The van der Waals surface area contributed by atoms with Gasteiger partial charge in [0.25, 0.3) is 5.91 Å². The van der Waals surface area contributed by atoms with Crippen molar-refractivity contribution in [2.75, 3.05) is 16.4 Å². The molecule has 0 unspecified atom stereocenters. The fourth-order valence-corrected chi connectivity index (χ4v) is 1.80. The summed E-state index contributed by atoms with van der Waals surface area (Å²) in [5.41, 5.74) is 6.91. The van der Waals surface area contributed by atoms with Crippen molar-refractivity contribution in [1.29, 1.82) is 0 Å². The highest BCUT2D eigenvalue weighted by atomic mass is 19.1. The third-order valence-corrected chi connectivity index (χ3v) is 2.70. The molecule has 0 spiro atoms. The molecule has 0 bridgehead atoms. The highest BCUT2D eigenvalue weighted by Gasteiger charge is 2.11. The molecule has 6 heteroatoms. The third kappa shape index (κ3) is 3.79. The Morgan fingerprint density at radius 3 is 2.38 bits per heavy atom. The molecule has 4 N–H and O–H groups in total. The molecule has 2 rings (SSSR count). The van der Waals surface area contributed by atoms with E-state index in [2.05, 4.69) is 10.6 Å². The molecule has 0 aliphatic carbocycles. The zero-order valence-corrected chi connectivity index (χ0v) is 11.3. The molecule has 21 heavy (non-hydrogen) atoms. The van der Waals surface area contributed by atoms with Crippen LogP contribution in [0.5, 0.6) is 0 Å². The van der Waals surface area contributed by atoms with Crippen molar-refractivity contribution in [2.45, 2.75) is 6.92 Å². The van der Waals surface area contributed by atoms with Crippen molar-refractivity contribution in [3.05, 3.63) is 53.8 Å². The summed E-state index contributed by atoms with van der Waals surface area (Å²) in [5.74, 6) is -1.28. The molecule has 0 heterocycles. The summed E-state index contributed by atoms with van der Waals surface area (Å²) in [4.78, 5) is 23.1. The molecule has 108 valence electrons. The Morgan fingerprint density at radius 2 is 1.71 bits per heavy atom. The molecule has 2 amide bonds. The number of amides is 2. The summed E-state index contributed by atoms with van der Waals surface area (Å²) >= 11 is 0. The van der Waals surface area contributed by atoms with Crippen LogP contribution in [0.25, 0.3) is 0 Å². The van der Waals surface area contributed by atoms with Crippen LogP contribution in [0.15, 0.2) is 42.5 Å². The van der Waals surface area contributed by atoms with Crippen molar-refractivity contribution in [1.82, 2.24) is 0 Å². The maximum absolute atomic E-state index is 13.2. The van der Waals surface area contributed by atoms with Gasteiger partial charge in [0.15, 0.2) is 0 Å². The smallest absolute Gasteiger partial charge is 0.257 e. The number of carbonyl (C=O) groups is 2.